The highest BCUT2D eigenvalue weighted by Crippen LogP contribution is 2.41. The summed E-state index contributed by atoms with van der Waals surface area (Å²) in [5, 5.41) is 9.32. The van der Waals surface area contributed by atoms with Gasteiger partial charge in [0, 0.05) is 35.8 Å². The molecular formula is C25H31BrN4O3. The van der Waals surface area contributed by atoms with Crippen LogP contribution < -0.4 is 0 Å². The number of hydrogen-bond donors (Lipinski definition) is 0. The van der Waals surface area contributed by atoms with Crippen molar-refractivity contribution in [2.75, 3.05) is 26.3 Å². The van der Waals surface area contributed by atoms with Gasteiger partial charge in [-0.25, -0.2) is 0 Å². The Morgan fingerprint density at radius 2 is 1.76 bits per heavy atom. The molecule has 0 atom stereocenters. The molecule has 1 aromatic carbocycles. The fourth-order valence-corrected chi connectivity index (χ4v) is 6.56. The van der Waals surface area contributed by atoms with Crippen LogP contribution in [0, 0.1) is 5.92 Å². The molecule has 1 spiro atoms. The largest absolute Gasteiger partial charge is 0.347 e. The Morgan fingerprint density at radius 3 is 2.52 bits per heavy atom. The van der Waals surface area contributed by atoms with Gasteiger partial charge >= 0.3 is 0 Å². The molecule has 3 fully saturated rings. The zero-order chi connectivity index (χ0) is 22.4. The maximum absolute atomic E-state index is 13.0. The Morgan fingerprint density at radius 1 is 1.00 bits per heavy atom. The molecule has 4 heterocycles. The smallest absolute Gasteiger partial charge is 0.225 e. The van der Waals surface area contributed by atoms with Crippen LogP contribution in [0.3, 0.4) is 0 Å². The van der Waals surface area contributed by atoms with Crippen LogP contribution in [0.1, 0.15) is 68.1 Å². The maximum Gasteiger partial charge on any atom is 0.225 e. The molecule has 1 amide bonds. The minimum atomic E-state index is -0.660. The van der Waals surface area contributed by atoms with Crippen molar-refractivity contribution < 1.29 is 14.3 Å². The average Bonchev–Trinajstić information content (AvgIpc) is 3.44. The summed E-state index contributed by atoms with van der Waals surface area (Å²) in [4.78, 5) is 15.1. The SMILES string of the molecule is O=C([C@H]1CC[C@H](c2nnc3n2-c2ccc(Br)cc2CC2(C3)OCCO2)CC1)N1CCCCC1. The first-order valence-electron chi connectivity index (χ1n) is 12.4. The number of nitrogens with zero attached hydrogens (tertiary/aromatic N) is 4. The number of ether oxygens (including phenoxy) is 2. The summed E-state index contributed by atoms with van der Waals surface area (Å²) in [6, 6.07) is 6.39. The normalized spacial score (nSPS) is 26.6. The molecule has 1 aromatic heterocycles. The number of rotatable bonds is 2. The van der Waals surface area contributed by atoms with Crippen molar-refractivity contribution in [3.05, 3.63) is 39.9 Å². The van der Waals surface area contributed by atoms with Crippen molar-refractivity contribution in [2.24, 2.45) is 5.92 Å². The highest BCUT2D eigenvalue weighted by molar-refractivity contribution is 9.10. The van der Waals surface area contributed by atoms with E-state index in [0.717, 1.165) is 73.4 Å². The summed E-state index contributed by atoms with van der Waals surface area (Å²) in [5.41, 5.74) is 2.30. The van der Waals surface area contributed by atoms with Crippen LogP contribution >= 0.6 is 15.9 Å². The van der Waals surface area contributed by atoms with Crippen molar-refractivity contribution in [3.63, 3.8) is 0 Å². The van der Waals surface area contributed by atoms with E-state index in [4.69, 9.17) is 14.6 Å². The number of aromatic nitrogens is 3. The molecule has 3 aliphatic heterocycles. The highest BCUT2D eigenvalue weighted by Gasteiger charge is 2.43. The van der Waals surface area contributed by atoms with Crippen molar-refractivity contribution in [2.45, 2.75) is 69.5 Å². The van der Waals surface area contributed by atoms with Gasteiger partial charge in [-0.05, 0) is 68.7 Å². The topological polar surface area (TPSA) is 69.5 Å². The van der Waals surface area contributed by atoms with Crippen LogP contribution in [-0.4, -0.2) is 57.7 Å². The van der Waals surface area contributed by atoms with Gasteiger partial charge in [0.1, 0.15) is 11.6 Å². The number of fused-ring (bicyclic) bond motifs is 3. The molecule has 0 bridgehead atoms. The average molecular weight is 515 g/mol. The molecule has 0 radical (unpaired) electrons. The van der Waals surface area contributed by atoms with Crippen LogP contribution in [0.25, 0.3) is 5.69 Å². The summed E-state index contributed by atoms with van der Waals surface area (Å²) >= 11 is 3.63. The molecule has 2 aromatic rings. The predicted octanol–water partition coefficient (Wildman–Crippen LogP) is 4.16. The first-order valence-corrected chi connectivity index (χ1v) is 13.2. The molecule has 8 heteroatoms. The van der Waals surface area contributed by atoms with Gasteiger partial charge in [-0.15, -0.1) is 10.2 Å². The van der Waals surface area contributed by atoms with E-state index >= 15 is 0 Å². The van der Waals surface area contributed by atoms with Crippen LogP contribution in [0.4, 0.5) is 0 Å². The fourth-order valence-electron chi connectivity index (χ4n) is 6.15. The molecule has 33 heavy (non-hydrogen) atoms. The predicted molar refractivity (Wildman–Crippen MR) is 126 cm³/mol. The molecule has 2 saturated heterocycles. The van der Waals surface area contributed by atoms with Crippen molar-refractivity contribution in [1.82, 2.24) is 19.7 Å². The molecule has 4 aliphatic rings. The molecule has 6 rings (SSSR count). The van der Waals surface area contributed by atoms with Gasteiger partial charge in [0.15, 0.2) is 5.79 Å². The van der Waals surface area contributed by atoms with Gasteiger partial charge in [-0.2, -0.15) is 0 Å². The Hall–Kier alpha value is -1.77. The number of amides is 1. The second kappa shape index (κ2) is 8.78. The third kappa shape index (κ3) is 4.04. The van der Waals surface area contributed by atoms with Crippen LogP contribution in [0.15, 0.2) is 22.7 Å². The fraction of sp³-hybridized carbons (Fsp3) is 0.640. The van der Waals surface area contributed by atoms with Gasteiger partial charge < -0.3 is 14.4 Å². The third-order valence-electron chi connectivity index (χ3n) is 7.85. The number of hydrogen-bond acceptors (Lipinski definition) is 5. The van der Waals surface area contributed by atoms with Crippen LogP contribution in [-0.2, 0) is 27.1 Å². The van der Waals surface area contributed by atoms with Crippen molar-refractivity contribution in [3.8, 4) is 5.69 Å². The second-order valence-electron chi connectivity index (χ2n) is 9.98. The first kappa shape index (κ1) is 21.7. The number of benzene rings is 1. The molecule has 7 nitrogen and oxygen atoms in total. The van der Waals surface area contributed by atoms with E-state index in [1.807, 2.05) is 0 Å². The van der Waals surface area contributed by atoms with Gasteiger partial charge in [0.05, 0.1) is 25.3 Å². The summed E-state index contributed by atoms with van der Waals surface area (Å²) < 4.78 is 15.5. The Labute approximate surface area is 203 Å². The first-order chi connectivity index (χ1) is 16.1. The lowest BCUT2D eigenvalue weighted by Crippen LogP contribution is -2.40. The number of halogens is 1. The quantitative estimate of drug-likeness (QED) is 0.601. The molecule has 0 unspecified atom stereocenters. The van der Waals surface area contributed by atoms with Crippen LogP contribution in [0.5, 0.6) is 0 Å². The molecule has 1 aliphatic carbocycles. The van der Waals surface area contributed by atoms with Crippen molar-refractivity contribution >= 4 is 21.8 Å². The standard InChI is InChI=1S/C25H31BrN4O3/c26-20-8-9-21-19(14-20)15-25(32-12-13-33-25)16-22-27-28-23(30(21)22)17-4-6-18(7-5-17)24(31)29-10-2-1-3-11-29/h8-9,14,17-18H,1-7,10-13,15-16H2/t17-,18-. The van der Waals surface area contributed by atoms with E-state index in [0.29, 0.717) is 37.9 Å². The van der Waals surface area contributed by atoms with E-state index in [1.54, 1.807) is 0 Å². The van der Waals surface area contributed by atoms with Crippen molar-refractivity contribution in [1.29, 1.82) is 0 Å². The van der Waals surface area contributed by atoms with E-state index in [-0.39, 0.29) is 5.92 Å². The van der Waals surface area contributed by atoms with Gasteiger partial charge in [0.2, 0.25) is 5.91 Å². The summed E-state index contributed by atoms with van der Waals surface area (Å²) in [6.45, 7) is 3.10. The third-order valence-corrected chi connectivity index (χ3v) is 8.34. The zero-order valence-electron chi connectivity index (χ0n) is 19.0. The number of carbonyl (C=O) groups is 1. The van der Waals surface area contributed by atoms with E-state index in [1.165, 1.54) is 12.0 Å². The summed E-state index contributed by atoms with van der Waals surface area (Å²) in [5.74, 6) is 2.12. The number of piperidine rings is 1. The Balaban J connectivity index is 1.26. The zero-order valence-corrected chi connectivity index (χ0v) is 20.6. The number of carbonyl (C=O) groups excluding carboxylic acids is 1. The minimum absolute atomic E-state index is 0.165. The molecular weight excluding hydrogens is 484 g/mol. The summed E-state index contributed by atoms with van der Waals surface area (Å²) in [6.07, 6.45) is 8.67. The Kier molecular flexibility index (Phi) is 5.79. The molecule has 0 N–H and O–H groups in total. The van der Waals surface area contributed by atoms with E-state index < -0.39 is 5.79 Å². The molecule has 176 valence electrons. The lowest BCUT2D eigenvalue weighted by molar-refractivity contribution is -0.155. The second-order valence-corrected chi connectivity index (χ2v) is 10.9. The Bertz CT molecular complexity index is 1030. The summed E-state index contributed by atoms with van der Waals surface area (Å²) in [7, 11) is 0. The minimum Gasteiger partial charge on any atom is -0.347 e. The maximum atomic E-state index is 13.0. The van der Waals surface area contributed by atoms with Gasteiger partial charge in [-0.3, -0.25) is 9.36 Å². The van der Waals surface area contributed by atoms with Gasteiger partial charge in [-0.1, -0.05) is 15.9 Å². The van der Waals surface area contributed by atoms with Crippen LogP contribution in [0.2, 0.25) is 0 Å². The van der Waals surface area contributed by atoms with E-state index in [9.17, 15) is 4.79 Å². The number of likely N-dealkylation sites (tertiary alicyclic amines) is 1. The molecule has 1 saturated carbocycles. The lowest BCUT2D eigenvalue weighted by atomic mass is 9.80. The van der Waals surface area contributed by atoms with Gasteiger partial charge in [0.25, 0.3) is 0 Å². The monoisotopic (exact) mass is 514 g/mol. The highest BCUT2D eigenvalue weighted by atomic mass is 79.9. The van der Waals surface area contributed by atoms with E-state index in [2.05, 4.69) is 48.7 Å². The lowest BCUT2D eigenvalue weighted by Gasteiger charge is -2.33.